The summed E-state index contributed by atoms with van der Waals surface area (Å²) in [7, 11) is -3.27. The van der Waals surface area contributed by atoms with Gasteiger partial charge < -0.3 is 0 Å². The zero-order valence-corrected chi connectivity index (χ0v) is 11.8. The fourth-order valence-corrected chi connectivity index (χ4v) is 2.25. The summed E-state index contributed by atoms with van der Waals surface area (Å²) in [5.74, 6) is -0.383. The van der Waals surface area contributed by atoms with Crippen LogP contribution in [0.1, 0.15) is 25.0 Å². The van der Waals surface area contributed by atoms with Crippen LogP contribution in [0.2, 0.25) is 0 Å². The molecule has 0 heterocycles. The molecule has 0 fully saturated rings. The molecule has 0 unspecified atom stereocenters. The minimum atomic E-state index is -3.27. The fourth-order valence-electron chi connectivity index (χ4n) is 1.24. The number of alkyl halides is 1. The van der Waals surface area contributed by atoms with E-state index in [1.165, 1.54) is 6.07 Å². The van der Waals surface area contributed by atoms with Gasteiger partial charge in [-0.2, -0.15) is 0 Å². The third kappa shape index (κ3) is 2.46. The average molecular weight is 309 g/mol. The first-order valence-corrected chi connectivity index (χ1v) is 7.76. The molecule has 0 spiro atoms. The van der Waals surface area contributed by atoms with Crippen molar-refractivity contribution in [2.45, 2.75) is 23.9 Å². The Hall–Kier alpha value is -0.420. The summed E-state index contributed by atoms with van der Waals surface area (Å²) in [6.07, 6.45) is 1.16. The summed E-state index contributed by atoms with van der Waals surface area (Å²) in [6, 6.07) is 4.55. The molecule has 0 saturated heterocycles. The van der Waals surface area contributed by atoms with Gasteiger partial charge >= 0.3 is 0 Å². The number of sulfone groups is 1. The van der Waals surface area contributed by atoms with Gasteiger partial charge in [0.05, 0.1) is 4.75 Å². The maximum absolute atomic E-state index is 13.5. The molecular weight excluding hydrogens is 295 g/mol. The van der Waals surface area contributed by atoms with E-state index in [9.17, 15) is 12.8 Å². The third-order valence-electron chi connectivity index (χ3n) is 2.82. The lowest BCUT2D eigenvalue weighted by atomic mass is 10.0. The maximum atomic E-state index is 13.5. The van der Waals surface area contributed by atoms with Crippen LogP contribution in [0, 0.1) is 5.82 Å². The number of halogens is 2. The summed E-state index contributed by atoms with van der Waals surface area (Å²) in [6.45, 7) is 3.15. The van der Waals surface area contributed by atoms with Crippen LogP contribution in [0.25, 0.3) is 0 Å². The second kappa shape index (κ2) is 4.45. The molecule has 0 aliphatic rings. The van der Waals surface area contributed by atoms with E-state index in [1.54, 1.807) is 26.0 Å². The number of rotatable bonds is 3. The van der Waals surface area contributed by atoms with Crippen molar-refractivity contribution >= 4 is 25.8 Å². The quantitative estimate of drug-likeness (QED) is 0.804. The van der Waals surface area contributed by atoms with E-state index in [4.69, 9.17) is 0 Å². The van der Waals surface area contributed by atoms with Gasteiger partial charge in [0.25, 0.3) is 0 Å². The highest BCUT2D eigenvalue weighted by atomic mass is 79.9. The fraction of sp³-hybridized carbons (Fsp3) is 0.455. The van der Waals surface area contributed by atoms with Gasteiger partial charge in [0.2, 0.25) is 0 Å². The molecule has 0 aliphatic heterocycles. The van der Waals surface area contributed by atoms with Crippen molar-refractivity contribution < 1.29 is 12.8 Å². The third-order valence-corrected chi connectivity index (χ3v) is 5.51. The highest BCUT2D eigenvalue weighted by Gasteiger charge is 2.32. The van der Waals surface area contributed by atoms with E-state index in [1.807, 2.05) is 0 Å². The molecular formula is C11H14BrFO2S. The van der Waals surface area contributed by atoms with Gasteiger partial charge in [-0.15, -0.1) is 0 Å². The second-order valence-electron chi connectivity index (χ2n) is 4.22. The van der Waals surface area contributed by atoms with E-state index in [-0.39, 0.29) is 5.82 Å². The molecule has 0 radical (unpaired) electrons. The molecule has 16 heavy (non-hydrogen) atoms. The van der Waals surface area contributed by atoms with E-state index < -0.39 is 14.6 Å². The lowest BCUT2D eigenvalue weighted by molar-refractivity contribution is 0.558. The van der Waals surface area contributed by atoms with Crippen molar-refractivity contribution in [3.05, 3.63) is 35.1 Å². The molecule has 1 aromatic carbocycles. The first kappa shape index (κ1) is 13.6. The summed E-state index contributed by atoms with van der Waals surface area (Å²) in [4.78, 5) is 0. The van der Waals surface area contributed by atoms with Gasteiger partial charge in [-0.05, 0) is 31.0 Å². The van der Waals surface area contributed by atoms with Gasteiger partial charge in [-0.3, -0.25) is 0 Å². The number of benzene rings is 1. The van der Waals surface area contributed by atoms with Gasteiger partial charge in [-0.1, -0.05) is 28.1 Å². The summed E-state index contributed by atoms with van der Waals surface area (Å²) in [5, 5.41) is 0.415. The van der Waals surface area contributed by atoms with Gasteiger partial charge in [0.15, 0.2) is 9.84 Å². The zero-order chi connectivity index (χ0) is 12.6. The number of hydrogen-bond donors (Lipinski definition) is 0. The van der Waals surface area contributed by atoms with Crippen LogP contribution >= 0.6 is 15.9 Å². The topological polar surface area (TPSA) is 34.1 Å². The molecule has 1 rings (SSSR count). The minimum absolute atomic E-state index is 0.383. The van der Waals surface area contributed by atoms with E-state index >= 15 is 0 Å². The SMILES string of the molecule is CC(C)(c1ccc(CBr)c(F)c1)S(C)(=O)=O. The van der Waals surface area contributed by atoms with Crippen LogP contribution in [-0.2, 0) is 19.9 Å². The predicted molar refractivity (Wildman–Crippen MR) is 66.9 cm³/mol. The molecule has 0 amide bonds. The van der Waals surface area contributed by atoms with Gasteiger partial charge in [0.1, 0.15) is 5.82 Å². The summed E-state index contributed by atoms with van der Waals surface area (Å²) in [5.41, 5.74) is 0.991. The molecule has 2 nitrogen and oxygen atoms in total. The Morgan fingerprint density at radius 2 is 1.94 bits per heavy atom. The molecule has 0 saturated carbocycles. The van der Waals surface area contributed by atoms with Crippen molar-refractivity contribution in [1.29, 1.82) is 0 Å². The normalized spacial score (nSPS) is 12.8. The Morgan fingerprint density at radius 1 is 1.38 bits per heavy atom. The Labute approximate surface area is 104 Å². The molecule has 90 valence electrons. The maximum Gasteiger partial charge on any atom is 0.156 e. The second-order valence-corrected chi connectivity index (χ2v) is 7.35. The lowest BCUT2D eigenvalue weighted by Crippen LogP contribution is -2.28. The monoisotopic (exact) mass is 308 g/mol. The number of hydrogen-bond acceptors (Lipinski definition) is 2. The largest absolute Gasteiger partial charge is 0.228 e. The van der Waals surface area contributed by atoms with Crippen LogP contribution in [0.5, 0.6) is 0 Å². The molecule has 0 N–H and O–H groups in total. The van der Waals surface area contributed by atoms with Crippen molar-refractivity contribution in [1.82, 2.24) is 0 Å². The smallest absolute Gasteiger partial charge is 0.156 e. The first-order valence-electron chi connectivity index (χ1n) is 4.74. The van der Waals surface area contributed by atoms with Crippen LogP contribution in [0.4, 0.5) is 4.39 Å². The van der Waals surface area contributed by atoms with Crippen LogP contribution in [0.15, 0.2) is 18.2 Å². The lowest BCUT2D eigenvalue weighted by Gasteiger charge is -2.23. The Bertz CT molecular complexity index is 495. The highest BCUT2D eigenvalue weighted by molar-refractivity contribution is 9.08. The first-order chi connectivity index (χ1) is 7.20. The van der Waals surface area contributed by atoms with Crippen LogP contribution in [-0.4, -0.2) is 14.7 Å². The van der Waals surface area contributed by atoms with E-state index in [0.717, 1.165) is 6.26 Å². The molecule has 0 aromatic heterocycles. The predicted octanol–water partition coefficient (Wildman–Crippen LogP) is 3.00. The summed E-state index contributed by atoms with van der Waals surface area (Å²) < 4.78 is 35.6. The van der Waals surface area contributed by atoms with E-state index in [2.05, 4.69) is 15.9 Å². The average Bonchev–Trinajstić information content (AvgIpc) is 2.15. The zero-order valence-electron chi connectivity index (χ0n) is 9.42. The minimum Gasteiger partial charge on any atom is -0.228 e. The van der Waals surface area contributed by atoms with Gasteiger partial charge in [-0.25, -0.2) is 12.8 Å². The molecule has 1 aromatic rings. The highest BCUT2D eigenvalue weighted by Crippen LogP contribution is 2.30. The van der Waals surface area contributed by atoms with Crippen molar-refractivity contribution in [3.63, 3.8) is 0 Å². The Morgan fingerprint density at radius 3 is 2.31 bits per heavy atom. The Balaban J connectivity index is 3.31. The van der Waals surface area contributed by atoms with Crippen LogP contribution < -0.4 is 0 Å². The molecule has 0 bridgehead atoms. The Kier molecular flexibility index (Phi) is 3.80. The standard InChI is InChI=1S/C11H14BrFO2S/c1-11(2,16(3,14)15)9-5-4-8(7-12)10(13)6-9/h4-6H,7H2,1-3H3. The van der Waals surface area contributed by atoms with Crippen molar-refractivity contribution in [3.8, 4) is 0 Å². The summed E-state index contributed by atoms with van der Waals surface area (Å²) >= 11 is 3.16. The van der Waals surface area contributed by atoms with Gasteiger partial charge in [0, 0.05) is 11.6 Å². The molecule has 0 aliphatic carbocycles. The van der Waals surface area contributed by atoms with E-state index in [0.29, 0.717) is 16.5 Å². The van der Waals surface area contributed by atoms with Crippen molar-refractivity contribution in [2.24, 2.45) is 0 Å². The van der Waals surface area contributed by atoms with Crippen LogP contribution in [0.3, 0.4) is 0 Å². The molecule has 5 heteroatoms. The molecule has 0 atom stereocenters. The van der Waals surface area contributed by atoms with Crippen molar-refractivity contribution in [2.75, 3.05) is 6.26 Å².